The lowest BCUT2D eigenvalue weighted by atomic mass is 9.99. The van der Waals surface area contributed by atoms with Crippen molar-refractivity contribution < 1.29 is 9.50 Å². The van der Waals surface area contributed by atoms with Crippen molar-refractivity contribution in [2.24, 2.45) is 0 Å². The Morgan fingerprint density at radius 3 is 2.65 bits per heavy atom. The molecule has 0 aliphatic carbocycles. The van der Waals surface area contributed by atoms with Crippen LogP contribution < -0.4 is 0 Å². The second-order valence-electron chi connectivity index (χ2n) is 3.82. The van der Waals surface area contributed by atoms with Crippen LogP contribution in [0.5, 0.6) is 0 Å². The van der Waals surface area contributed by atoms with Gasteiger partial charge in [-0.3, -0.25) is 0 Å². The Labute approximate surface area is 104 Å². The molecule has 1 aromatic heterocycles. The molecule has 1 N–H and O–H groups in total. The van der Waals surface area contributed by atoms with Gasteiger partial charge in [-0.15, -0.1) is 0 Å². The quantitative estimate of drug-likeness (QED) is 0.831. The van der Waals surface area contributed by atoms with E-state index in [2.05, 4.69) is 4.98 Å². The Bertz CT molecular complexity index is 527. The Kier molecular flexibility index (Phi) is 3.41. The summed E-state index contributed by atoms with van der Waals surface area (Å²) in [5.41, 5.74) is 1.99. The van der Waals surface area contributed by atoms with Crippen molar-refractivity contribution in [3.8, 4) is 0 Å². The highest BCUT2D eigenvalue weighted by molar-refractivity contribution is 6.29. The summed E-state index contributed by atoms with van der Waals surface area (Å²) >= 11 is 5.67. The van der Waals surface area contributed by atoms with E-state index in [1.165, 1.54) is 18.3 Å². The number of nitrogens with zero attached hydrogens (tertiary/aromatic N) is 1. The number of aliphatic hydroxyl groups excluding tert-OH is 1. The number of pyridine rings is 1. The lowest BCUT2D eigenvalue weighted by Gasteiger charge is -2.13. The lowest BCUT2D eigenvalue weighted by molar-refractivity contribution is 0.219. The number of rotatable bonds is 2. The second kappa shape index (κ2) is 4.82. The maximum Gasteiger partial charge on any atom is 0.129 e. The minimum absolute atomic E-state index is 0.312. The zero-order valence-corrected chi connectivity index (χ0v) is 9.95. The molecule has 0 radical (unpaired) electrons. The molecule has 0 saturated heterocycles. The van der Waals surface area contributed by atoms with Crippen LogP contribution in [0, 0.1) is 12.7 Å². The van der Waals surface area contributed by atoms with Gasteiger partial charge in [0.25, 0.3) is 0 Å². The molecule has 2 nitrogen and oxygen atoms in total. The number of benzene rings is 1. The van der Waals surface area contributed by atoms with Gasteiger partial charge in [0.05, 0.1) is 0 Å². The predicted octanol–water partition coefficient (Wildman–Crippen LogP) is 3.26. The molecule has 1 aromatic carbocycles. The summed E-state index contributed by atoms with van der Waals surface area (Å²) in [4.78, 5) is 3.90. The Balaban J connectivity index is 2.36. The number of aryl methyl sites for hydroxylation is 1. The fourth-order valence-corrected chi connectivity index (χ4v) is 1.79. The molecule has 17 heavy (non-hydrogen) atoms. The normalized spacial score (nSPS) is 12.5. The average molecular weight is 252 g/mol. The lowest BCUT2D eigenvalue weighted by Crippen LogP contribution is -2.02. The minimum Gasteiger partial charge on any atom is -0.384 e. The summed E-state index contributed by atoms with van der Waals surface area (Å²) in [7, 11) is 0. The van der Waals surface area contributed by atoms with Crippen molar-refractivity contribution in [1.82, 2.24) is 4.98 Å². The van der Waals surface area contributed by atoms with Gasteiger partial charge in [0.1, 0.15) is 17.1 Å². The summed E-state index contributed by atoms with van der Waals surface area (Å²) in [5, 5.41) is 10.5. The SMILES string of the molecule is Cc1cc(F)ccc1C(O)c1ccc(Cl)nc1. The maximum absolute atomic E-state index is 13.0. The summed E-state index contributed by atoms with van der Waals surface area (Å²) < 4.78 is 13.0. The fourth-order valence-electron chi connectivity index (χ4n) is 1.67. The number of aromatic nitrogens is 1. The van der Waals surface area contributed by atoms with E-state index in [0.717, 1.165) is 0 Å². The smallest absolute Gasteiger partial charge is 0.129 e. The molecule has 0 aliphatic rings. The van der Waals surface area contributed by atoms with E-state index in [9.17, 15) is 9.50 Å². The molecule has 0 aliphatic heterocycles. The standard InChI is InChI=1S/C13H11ClFNO/c1-8-6-10(15)3-4-11(8)13(17)9-2-5-12(14)16-7-9/h2-7,13,17H,1H3. The molecule has 1 unspecified atom stereocenters. The van der Waals surface area contributed by atoms with Crippen molar-refractivity contribution in [3.63, 3.8) is 0 Å². The molecule has 88 valence electrons. The highest BCUT2D eigenvalue weighted by Gasteiger charge is 2.13. The van der Waals surface area contributed by atoms with Crippen LogP contribution in [0.25, 0.3) is 0 Å². The van der Waals surface area contributed by atoms with Gasteiger partial charge in [-0.25, -0.2) is 9.37 Å². The molecule has 0 saturated carbocycles. The van der Waals surface area contributed by atoms with Gasteiger partial charge >= 0.3 is 0 Å². The van der Waals surface area contributed by atoms with Crippen molar-refractivity contribution in [2.45, 2.75) is 13.0 Å². The van der Waals surface area contributed by atoms with Crippen LogP contribution in [-0.2, 0) is 0 Å². The van der Waals surface area contributed by atoms with E-state index >= 15 is 0 Å². The first-order valence-electron chi connectivity index (χ1n) is 5.13. The number of aliphatic hydroxyl groups is 1. The largest absolute Gasteiger partial charge is 0.384 e. The second-order valence-corrected chi connectivity index (χ2v) is 4.20. The number of hydrogen-bond acceptors (Lipinski definition) is 2. The molecular weight excluding hydrogens is 241 g/mol. The van der Waals surface area contributed by atoms with Crippen LogP contribution in [0.15, 0.2) is 36.5 Å². The number of hydrogen-bond donors (Lipinski definition) is 1. The predicted molar refractivity (Wildman–Crippen MR) is 64.4 cm³/mol. The van der Waals surface area contributed by atoms with Crippen LogP contribution in [-0.4, -0.2) is 10.1 Å². The fraction of sp³-hybridized carbons (Fsp3) is 0.154. The first-order chi connectivity index (χ1) is 8.08. The number of halogens is 2. The van der Waals surface area contributed by atoms with E-state index in [1.807, 2.05) is 0 Å². The Morgan fingerprint density at radius 1 is 1.29 bits per heavy atom. The van der Waals surface area contributed by atoms with Crippen LogP contribution in [0.2, 0.25) is 5.15 Å². The molecule has 0 fully saturated rings. The minimum atomic E-state index is -0.819. The van der Waals surface area contributed by atoms with Crippen molar-refractivity contribution >= 4 is 11.6 Å². The van der Waals surface area contributed by atoms with E-state index in [1.54, 1.807) is 25.1 Å². The van der Waals surface area contributed by atoms with Crippen LogP contribution in [0.1, 0.15) is 22.8 Å². The summed E-state index contributed by atoms with van der Waals surface area (Å²) in [5.74, 6) is -0.312. The van der Waals surface area contributed by atoms with E-state index < -0.39 is 6.10 Å². The van der Waals surface area contributed by atoms with Gasteiger partial charge in [-0.1, -0.05) is 23.7 Å². The van der Waals surface area contributed by atoms with Crippen LogP contribution in [0.3, 0.4) is 0 Å². The zero-order valence-electron chi connectivity index (χ0n) is 9.19. The summed E-state index contributed by atoms with van der Waals surface area (Å²) in [6.45, 7) is 1.75. The van der Waals surface area contributed by atoms with Crippen LogP contribution in [0.4, 0.5) is 4.39 Å². The molecule has 1 atom stereocenters. The average Bonchev–Trinajstić information content (AvgIpc) is 2.29. The van der Waals surface area contributed by atoms with E-state index in [-0.39, 0.29) is 5.82 Å². The van der Waals surface area contributed by atoms with Gasteiger partial charge < -0.3 is 5.11 Å². The topological polar surface area (TPSA) is 33.1 Å². The highest BCUT2D eigenvalue weighted by Crippen LogP contribution is 2.25. The van der Waals surface area contributed by atoms with Gasteiger partial charge in [0.15, 0.2) is 0 Å². The van der Waals surface area contributed by atoms with Crippen molar-refractivity contribution in [3.05, 3.63) is 64.2 Å². The zero-order chi connectivity index (χ0) is 12.4. The van der Waals surface area contributed by atoms with Gasteiger partial charge in [-0.05, 0) is 36.2 Å². The van der Waals surface area contributed by atoms with Gasteiger partial charge in [0, 0.05) is 11.8 Å². The highest BCUT2D eigenvalue weighted by atomic mass is 35.5. The van der Waals surface area contributed by atoms with Crippen molar-refractivity contribution in [2.75, 3.05) is 0 Å². The first kappa shape index (κ1) is 12.0. The summed E-state index contributed by atoms with van der Waals surface area (Å²) in [6.07, 6.45) is 0.691. The van der Waals surface area contributed by atoms with Gasteiger partial charge in [-0.2, -0.15) is 0 Å². The third-order valence-corrected chi connectivity index (χ3v) is 2.82. The summed E-state index contributed by atoms with van der Waals surface area (Å²) in [6, 6.07) is 7.60. The first-order valence-corrected chi connectivity index (χ1v) is 5.51. The van der Waals surface area contributed by atoms with Gasteiger partial charge in [0.2, 0.25) is 0 Å². The molecule has 2 aromatic rings. The molecule has 0 amide bonds. The molecule has 0 spiro atoms. The molecule has 2 rings (SSSR count). The maximum atomic E-state index is 13.0. The Hall–Kier alpha value is -1.45. The Morgan fingerprint density at radius 2 is 2.06 bits per heavy atom. The molecule has 4 heteroatoms. The third kappa shape index (κ3) is 2.62. The molecule has 1 heterocycles. The third-order valence-electron chi connectivity index (χ3n) is 2.59. The van der Waals surface area contributed by atoms with Crippen molar-refractivity contribution in [1.29, 1.82) is 0 Å². The molecular formula is C13H11ClFNO. The van der Waals surface area contributed by atoms with E-state index in [4.69, 9.17) is 11.6 Å². The molecule has 0 bridgehead atoms. The van der Waals surface area contributed by atoms with E-state index in [0.29, 0.717) is 21.8 Å². The van der Waals surface area contributed by atoms with Crippen LogP contribution >= 0.6 is 11.6 Å². The monoisotopic (exact) mass is 251 g/mol.